The zero-order valence-electron chi connectivity index (χ0n) is 14.1. The average molecular weight is 312 g/mol. The maximum Gasteiger partial charge on any atom is 0.303 e. The van der Waals surface area contributed by atoms with E-state index < -0.39 is 28.8 Å². The monoisotopic (exact) mass is 312 g/mol. The van der Waals surface area contributed by atoms with Gasteiger partial charge >= 0.3 is 5.97 Å². The molecule has 0 amide bonds. The molecular formula is C17H28O5. The minimum absolute atomic E-state index is 0.0371. The molecule has 5 heteroatoms. The van der Waals surface area contributed by atoms with Crippen molar-refractivity contribution in [3.8, 4) is 0 Å². The molecule has 3 fully saturated rings. The number of hydrogen-bond donors (Lipinski definition) is 2. The Morgan fingerprint density at radius 3 is 2.50 bits per heavy atom. The Labute approximate surface area is 132 Å². The van der Waals surface area contributed by atoms with Crippen LogP contribution < -0.4 is 0 Å². The van der Waals surface area contributed by atoms with E-state index >= 15 is 0 Å². The number of aliphatic hydroxyl groups excluding tert-OH is 1. The fourth-order valence-electron chi connectivity index (χ4n) is 5.15. The third-order valence-corrected chi connectivity index (χ3v) is 6.47. The van der Waals surface area contributed by atoms with E-state index in [1.807, 2.05) is 27.7 Å². The highest BCUT2D eigenvalue weighted by Crippen LogP contribution is 2.63. The Bertz CT molecular complexity index is 491. The third-order valence-electron chi connectivity index (χ3n) is 6.47. The molecule has 2 saturated carbocycles. The minimum atomic E-state index is -0.931. The topological polar surface area (TPSA) is 79.3 Å². The largest absolute Gasteiger partial charge is 0.459 e. The molecule has 2 aliphatic carbocycles. The molecule has 1 heterocycles. The van der Waals surface area contributed by atoms with Crippen molar-refractivity contribution in [2.75, 3.05) is 0 Å². The summed E-state index contributed by atoms with van der Waals surface area (Å²) in [7, 11) is 0. The van der Waals surface area contributed by atoms with Crippen molar-refractivity contribution in [2.45, 2.75) is 83.4 Å². The number of esters is 1. The van der Waals surface area contributed by atoms with Gasteiger partial charge in [-0.3, -0.25) is 4.79 Å². The van der Waals surface area contributed by atoms with Crippen LogP contribution >= 0.6 is 0 Å². The van der Waals surface area contributed by atoms with Crippen molar-refractivity contribution >= 4 is 5.97 Å². The molecule has 22 heavy (non-hydrogen) atoms. The van der Waals surface area contributed by atoms with E-state index in [1.165, 1.54) is 6.92 Å². The summed E-state index contributed by atoms with van der Waals surface area (Å²) in [6.07, 6.45) is 0.558. The lowest BCUT2D eigenvalue weighted by Gasteiger charge is -2.45. The predicted molar refractivity (Wildman–Crippen MR) is 80.1 cm³/mol. The van der Waals surface area contributed by atoms with Gasteiger partial charge < -0.3 is 19.7 Å². The average Bonchev–Trinajstić information content (AvgIpc) is 2.94. The van der Waals surface area contributed by atoms with Gasteiger partial charge in [-0.05, 0) is 25.7 Å². The SMILES string of the molecule is CC(=O)OC1C2OC2(C)CC(O)C2C1(C)CCC2(O)C(C)C. The van der Waals surface area contributed by atoms with Gasteiger partial charge in [0.15, 0.2) is 0 Å². The summed E-state index contributed by atoms with van der Waals surface area (Å²) in [5, 5.41) is 22.1. The summed E-state index contributed by atoms with van der Waals surface area (Å²) in [6.45, 7) is 9.37. The second-order valence-corrected chi connectivity index (χ2v) is 8.28. The summed E-state index contributed by atoms with van der Waals surface area (Å²) in [6, 6.07) is 0. The number of epoxide rings is 1. The van der Waals surface area contributed by atoms with E-state index in [0.29, 0.717) is 12.8 Å². The van der Waals surface area contributed by atoms with Crippen LogP contribution in [0.2, 0.25) is 0 Å². The van der Waals surface area contributed by atoms with Crippen molar-refractivity contribution in [3.05, 3.63) is 0 Å². The van der Waals surface area contributed by atoms with E-state index in [-0.39, 0.29) is 23.9 Å². The van der Waals surface area contributed by atoms with E-state index in [9.17, 15) is 15.0 Å². The molecule has 0 spiro atoms. The van der Waals surface area contributed by atoms with Crippen LogP contribution in [0.5, 0.6) is 0 Å². The quantitative estimate of drug-likeness (QED) is 0.598. The number of carbonyl (C=O) groups is 1. The Morgan fingerprint density at radius 2 is 1.95 bits per heavy atom. The van der Waals surface area contributed by atoms with Crippen LogP contribution in [0.1, 0.15) is 53.9 Å². The first kappa shape index (κ1) is 16.2. The first-order valence-electron chi connectivity index (χ1n) is 8.30. The van der Waals surface area contributed by atoms with Crippen LogP contribution in [0, 0.1) is 17.3 Å². The van der Waals surface area contributed by atoms with Gasteiger partial charge in [-0.2, -0.15) is 0 Å². The molecule has 0 aromatic rings. The number of fused-ring (bicyclic) bond motifs is 2. The van der Waals surface area contributed by atoms with Crippen molar-refractivity contribution in [1.82, 2.24) is 0 Å². The lowest BCUT2D eigenvalue weighted by atomic mass is 9.66. The minimum Gasteiger partial charge on any atom is -0.459 e. The summed E-state index contributed by atoms with van der Waals surface area (Å²) in [5.41, 5.74) is -1.85. The number of aliphatic hydroxyl groups is 2. The molecule has 0 aromatic heterocycles. The standard InChI is InChI=1S/C17H28O5/c1-9(2)17(20)7-6-15(4)12(17)11(19)8-16(5)14(22-16)13(15)21-10(3)18/h9,11-14,19-20H,6-8H2,1-5H3. The van der Waals surface area contributed by atoms with E-state index in [2.05, 4.69) is 0 Å². The Kier molecular flexibility index (Phi) is 3.45. The third kappa shape index (κ3) is 2.05. The normalized spacial score (nSPS) is 53.6. The molecule has 1 saturated heterocycles. The van der Waals surface area contributed by atoms with Gasteiger partial charge in [-0.1, -0.05) is 20.8 Å². The second-order valence-electron chi connectivity index (χ2n) is 8.28. The lowest BCUT2D eigenvalue weighted by molar-refractivity contribution is -0.170. The summed E-state index contributed by atoms with van der Waals surface area (Å²) in [5.74, 6) is -0.605. The summed E-state index contributed by atoms with van der Waals surface area (Å²) < 4.78 is 11.5. The highest BCUT2D eigenvalue weighted by molar-refractivity contribution is 5.66. The summed E-state index contributed by atoms with van der Waals surface area (Å²) in [4.78, 5) is 11.6. The van der Waals surface area contributed by atoms with E-state index in [1.54, 1.807) is 0 Å². The van der Waals surface area contributed by atoms with Crippen LogP contribution in [-0.4, -0.2) is 45.7 Å². The second kappa shape index (κ2) is 4.68. The van der Waals surface area contributed by atoms with E-state index in [0.717, 1.165) is 6.42 Å². The van der Waals surface area contributed by atoms with Gasteiger partial charge in [0.1, 0.15) is 12.2 Å². The predicted octanol–water partition coefficient (Wildman–Crippen LogP) is 1.64. The fourth-order valence-corrected chi connectivity index (χ4v) is 5.15. The lowest BCUT2D eigenvalue weighted by Crippen LogP contribution is -2.53. The van der Waals surface area contributed by atoms with Crippen LogP contribution in [-0.2, 0) is 14.3 Å². The van der Waals surface area contributed by atoms with E-state index in [4.69, 9.17) is 9.47 Å². The maximum atomic E-state index is 11.6. The molecule has 0 radical (unpaired) electrons. The molecule has 3 rings (SSSR count). The molecule has 7 unspecified atom stereocenters. The summed E-state index contributed by atoms with van der Waals surface area (Å²) >= 11 is 0. The number of ether oxygens (including phenoxy) is 2. The van der Waals surface area contributed by atoms with Gasteiger partial charge in [-0.15, -0.1) is 0 Å². The van der Waals surface area contributed by atoms with Crippen LogP contribution in [0.15, 0.2) is 0 Å². The molecule has 126 valence electrons. The zero-order valence-corrected chi connectivity index (χ0v) is 14.1. The van der Waals surface area contributed by atoms with Crippen LogP contribution in [0.4, 0.5) is 0 Å². The van der Waals surface area contributed by atoms with Gasteiger partial charge in [0, 0.05) is 24.7 Å². The molecule has 2 N–H and O–H groups in total. The Hall–Kier alpha value is -0.650. The van der Waals surface area contributed by atoms with Crippen molar-refractivity contribution in [3.63, 3.8) is 0 Å². The van der Waals surface area contributed by atoms with Gasteiger partial charge in [0.2, 0.25) is 0 Å². The first-order chi connectivity index (χ1) is 10.0. The van der Waals surface area contributed by atoms with Crippen LogP contribution in [0.3, 0.4) is 0 Å². The number of hydrogen-bond acceptors (Lipinski definition) is 5. The highest BCUT2D eigenvalue weighted by Gasteiger charge is 2.72. The number of rotatable bonds is 2. The maximum absolute atomic E-state index is 11.6. The van der Waals surface area contributed by atoms with Gasteiger partial charge in [-0.25, -0.2) is 0 Å². The smallest absolute Gasteiger partial charge is 0.303 e. The molecule has 5 nitrogen and oxygen atoms in total. The highest BCUT2D eigenvalue weighted by atomic mass is 16.6. The molecule has 1 aliphatic heterocycles. The Morgan fingerprint density at radius 1 is 1.32 bits per heavy atom. The Balaban J connectivity index is 2.04. The van der Waals surface area contributed by atoms with Crippen molar-refractivity contribution < 1.29 is 24.5 Å². The van der Waals surface area contributed by atoms with Crippen molar-refractivity contribution in [1.29, 1.82) is 0 Å². The fraction of sp³-hybridized carbons (Fsp3) is 0.941. The molecule has 0 bridgehead atoms. The molecular weight excluding hydrogens is 284 g/mol. The first-order valence-corrected chi connectivity index (χ1v) is 8.30. The molecule has 7 atom stereocenters. The van der Waals surface area contributed by atoms with Gasteiger partial charge in [0.25, 0.3) is 0 Å². The van der Waals surface area contributed by atoms with Gasteiger partial charge in [0.05, 0.1) is 17.3 Å². The zero-order chi connectivity index (χ0) is 16.5. The molecule has 0 aromatic carbocycles. The molecule has 3 aliphatic rings. The van der Waals surface area contributed by atoms with Crippen molar-refractivity contribution in [2.24, 2.45) is 17.3 Å². The van der Waals surface area contributed by atoms with Crippen LogP contribution in [0.25, 0.3) is 0 Å². The number of carbonyl (C=O) groups excluding carboxylic acids is 1.